The van der Waals surface area contributed by atoms with Crippen molar-refractivity contribution in [2.24, 2.45) is 5.73 Å². The molecule has 0 aromatic heterocycles. The second kappa shape index (κ2) is 5.53. The lowest BCUT2D eigenvalue weighted by Gasteiger charge is -2.18. The average Bonchev–Trinajstić information content (AvgIpc) is 2.11. The molecular formula is C8H16N2O3. The summed E-state index contributed by atoms with van der Waals surface area (Å²) in [5, 5.41) is 8.45. The van der Waals surface area contributed by atoms with Crippen molar-refractivity contribution in [1.82, 2.24) is 4.90 Å². The monoisotopic (exact) mass is 188 g/mol. The number of carbonyl (C=O) groups excluding carboxylic acids is 1. The first-order valence-corrected chi connectivity index (χ1v) is 4.24. The Labute approximate surface area is 77.5 Å². The Kier molecular flexibility index (Phi) is 5.06. The van der Waals surface area contributed by atoms with Crippen molar-refractivity contribution >= 4 is 11.9 Å². The van der Waals surface area contributed by atoms with E-state index in [0.29, 0.717) is 6.54 Å². The maximum absolute atomic E-state index is 11.2. The molecule has 0 fully saturated rings. The van der Waals surface area contributed by atoms with Crippen LogP contribution in [0.5, 0.6) is 0 Å². The molecule has 0 heterocycles. The van der Waals surface area contributed by atoms with Crippen molar-refractivity contribution in [1.29, 1.82) is 0 Å². The van der Waals surface area contributed by atoms with Gasteiger partial charge in [0.1, 0.15) is 0 Å². The summed E-state index contributed by atoms with van der Waals surface area (Å²) in [5.74, 6) is -1.82. The second-order valence-corrected chi connectivity index (χ2v) is 2.93. The molecule has 0 rings (SSSR count). The quantitative estimate of drug-likeness (QED) is 0.578. The lowest BCUT2D eigenvalue weighted by atomic mass is 10.2. The van der Waals surface area contributed by atoms with Crippen molar-refractivity contribution in [3.8, 4) is 0 Å². The van der Waals surface area contributed by atoms with E-state index < -0.39 is 17.9 Å². The Morgan fingerprint density at radius 2 is 2.08 bits per heavy atom. The molecule has 0 aliphatic carbocycles. The number of hydrogen-bond donors (Lipinski definition) is 2. The normalized spacial score (nSPS) is 12.2. The number of carboxylic acids is 1. The molecule has 0 aliphatic heterocycles. The van der Waals surface area contributed by atoms with Crippen molar-refractivity contribution in [3.05, 3.63) is 0 Å². The molecule has 0 saturated heterocycles. The molecule has 1 atom stereocenters. The SMILES string of the molecule is CCCCN(C)C(=O)C(N)C(=O)O. The summed E-state index contributed by atoms with van der Waals surface area (Å²) in [5.41, 5.74) is 5.14. The van der Waals surface area contributed by atoms with Gasteiger partial charge in [0.25, 0.3) is 5.91 Å². The molecule has 5 nitrogen and oxygen atoms in total. The number of likely N-dealkylation sites (N-methyl/N-ethyl adjacent to an activating group) is 1. The first kappa shape index (κ1) is 11.9. The van der Waals surface area contributed by atoms with Gasteiger partial charge in [0.15, 0.2) is 6.04 Å². The van der Waals surface area contributed by atoms with Gasteiger partial charge in [-0.3, -0.25) is 4.79 Å². The molecule has 3 N–H and O–H groups in total. The van der Waals surface area contributed by atoms with Crippen LogP contribution in [0.2, 0.25) is 0 Å². The highest BCUT2D eigenvalue weighted by atomic mass is 16.4. The molecule has 0 saturated carbocycles. The number of nitrogens with two attached hydrogens (primary N) is 1. The second-order valence-electron chi connectivity index (χ2n) is 2.93. The molecule has 5 heteroatoms. The van der Waals surface area contributed by atoms with Crippen LogP contribution in [0.4, 0.5) is 0 Å². The van der Waals surface area contributed by atoms with E-state index in [0.717, 1.165) is 12.8 Å². The largest absolute Gasteiger partial charge is 0.480 e. The molecule has 0 bridgehead atoms. The number of nitrogens with zero attached hydrogens (tertiary/aromatic N) is 1. The fourth-order valence-electron chi connectivity index (χ4n) is 0.849. The van der Waals surface area contributed by atoms with Crippen LogP contribution in [-0.2, 0) is 9.59 Å². The average molecular weight is 188 g/mol. The minimum absolute atomic E-state index is 0.541. The van der Waals surface area contributed by atoms with Gasteiger partial charge in [-0.2, -0.15) is 0 Å². The van der Waals surface area contributed by atoms with Crippen molar-refractivity contribution in [3.63, 3.8) is 0 Å². The highest BCUT2D eigenvalue weighted by Gasteiger charge is 2.23. The fraction of sp³-hybridized carbons (Fsp3) is 0.750. The van der Waals surface area contributed by atoms with Gasteiger partial charge in [0.05, 0.1) is 0 Å². The van der Waals surface area contributed by atoms with Crippen LogP contribution in [-0.4, -0.2) is 41.5 Å². The van der Waals surface area contributed by atoms with Crippen LogP contribution in [0.25, 0.3) is 0 Å². The van der Waals surface area contributed by atoms with Crippen LogP contribution < -0.4 is 5.73 Å². The lowest BCUT2D eigenvalue weighted by molar-refractivity contribution is -0.146. The number of carboxylic acid groups (broad SMARTS) is 1. The van der Waals surface area contributed by atoms with Crippen molar-refractivity contribution in [2.45, 2.75) is 25.8 Å². The lowest BCUT2D eigenvalue weighted by Crippen LogP contribution is -2.46. The molecule has 13 heavy (non-hydrogen) atoms. The highest BCUT2D eigenvalue weighted by Crippen LogP contribution is 1.95. The Morgan fingerprint density at radius 1 is 1.54 bits per heavy atom. The summed E-state index contributed by atoms with van der Waals surface area (Å²) in [7, 11) is 1.56. The molecule has 1 unspecified atom stereocenters. The Balaban J connectivity index is 4.01. The Bertz CT molecular complexity index is 194. The Morgan fingerprint density at radius 3 is 2.46 bits per heavy atom. The third kappa shape index (κ3) is 3.89. The number of rotatable bonds is 5. The zero-order valence-corrected chi connectivity index (χ0v) is 7.99. The van der Waals surface area contributed by atoms with Gasteiger partial charge in [-0.15, -0.1) is 0 Å². The Hall–Kier alpha value is -1.10. The molecule has 0 aromatic carbocycles. The van der Waals surface area contributed by atoms with E-state index in [9.17, 15) is 9.59 Å². The topological polar surface area (TPSA) is 83.6 Å². The predicted molar refractivity (Wildman–Crippen MR) is 48.2 cm³/mol. The van der Waals surface area contributed by atoms with Gasteiger partial charge >= 0.3 is 5.97 Å². The van der Waals surface area contributed by atoms with E-state index in [1.165, 1.54) is 4.90 Å². The standard InChI is InChI=1S/C8H16N2O3/c1-3-4-5-10(2)7(11)6(9)8(12)13/h6H,3-5,9H2,1-2H3,(H,12,13). The third-order valence-corrected chi connectivity index (χ3v) is 1.76. The van der Waals surface area contributed by atoms with E-state index in [1.54, 1.807) is 7.05 Å². The summed E-state index contributed by atoms with van der Waals surface area (Å²) in [4.78, 5) is 22.9. The number of unbranched alkanes of at least 4 members (excludes halogenated alkanes) is 1. The van der Waals surface area contributed by atoms with Crippen molar-refractivity contribution in [2.75, 3.05) is 13.6 Å². The highest BCUT2D eigenvalue weighted by molar-refractivity contribution is 6.00. The van der Waals surface area contributed by atoms with E-state index in [4.69, 9.17) is 10.8 Å². The van der Waals surface area contributed by atoms with Crippen LogP contribution in [0.3, 0.4) is 0 Å². The molecule has 1 amide bonds. The first-order chi connectivity index (χ1) is 6.00. The van der Waals surface area contributed by atoms with Gasteiger partial charge < -0.3 is 15.7 Å². The molecular weight excluding hydrogens is 172 g/mol. The van der Waals surface area contributed by atoms with Gasteiger partial charge in [-0.05, 0) is 6.42 Å². The van der Waals surface area contributed by atoms with Crippen molar-refractivity contribution < 1.29 is 14.7 Å². The van der Waals surface area contributed by atoms with Gasteiger partial charge in [0, 0.05) is 13.6 Å². The minimum atomic E-state index is -1.43. The summed E-state index contributed by atoms with van der Waals surface area (Å²) in [6, 6.07) is -1.43. The van der Waals surface area contributed by atoms with Gasteiger partial charge in [-0.1, -0.05) is 13.3 Å². The summed E-state index contributed by atoms with van der Waals surface area (Å²) in [6.45, 7) is 2.55. The van der Waals surface area contributed by atoms with Gasteiger partial charge in [-0.25, -0.2) is 4.79 Å². The summed E-state index contributed by atoms with van der Waals surface area (Å²) in [6.07, 6.45) is 1.81. The number of carbonyl (C=O) groups is 2. The van der Waals surface area contributed by atoms with Crippen LogP contribution in [0, 0.1) is 0 Å². The van der Waals surface area contributed by atoms with E-state index >= 15 is 0 Å². The number of aliphatic carboxylic acids is 1. The number of amides is 1. The van der Waals surface area contributed by atoms with Crippen LogP contribution in [0.1, 0.15) is 19.8 Å². The molecule has 0 aliphatic rings. The van der Waals surface area contributed by atoms with E-state index in [-0.39, 0.29) is 0 Å². The number of hydrogen-bond acceptors (Lipinski definition) is 3. The van der Waals surface area contributed by atoms with Crippen LogP contribution in [0.15, 0.2) is 0 Å². The summed E-state index contributed by atoms with van der Waals surface area (Å²) >= 11 is 0. The van der Waals surface area contributed by atoms with E-state index in [2.05, 4.69) is 0 Å². The fourth-order valence-corrected chi connectivity index (χ4v) is 0.849. The zero-order chi connectivity index (χ0) is 10.4. The molecule has 76 valence electrons. The zero-order valence-electron chi connectivity index (χ0n) is 7.99. The maximum Gasteiger partial charge on any atom is 0.330 e. The predicted octanol–water partition coefficient (Wildman–Crippen LogP) is -0.343. The summed E-state index contributed by atoms with van der Waals surface area (Å²) < 4.78 is 0. The molecule has 0 spiro atoms. The molecule has 0 aromatic rings. The minimum Gasteiger partial charge on any atom is -0.480 e. The molecule has 0 radical (unpaired) electrons. The van der Waals surface area contributed by atoms with Crippen LogP contribution >= 0.6 is 0 Å². The first-order valence-electron chi connectivity index (χ1n) is 4.24. The maximum atomic E-state index is 11.2. The smallest absolute Gasteiger partial charge is 0.330 e. The van der Waals surface area contributed by atoms with E-state index in [1.807, 2.05) is 6.92 Å². The van der Waals surface area contributed by atoms with Gasteiger partial charge in [0.2, 0.25) is 0 Å². The third-order valence-electron chi connectivity index (χ3n) is 1.76.